The van der Waals surface area contributed by atoms with E-state index in [1.807, 2.05) is 6.92 Å². The largest absolute Gasteiger partial charge is 0.374 e. The summed E-state index contributed by atoms with van der Waals surface area (Å²) in [5.74, 6) is -1.24. The maximum atomic E-state index is 14.8. The van der Waals surface area contributed by atoms with E-state index in [4.69, 9.17) is 37.0 Å². The fourth-order valence-electron chi connectivity index (χ4n) is 5.22. The van der Waals surface area contributed by atoms with Crippen molar-refractivity contribution in [2.45, 2.75) is 57.2 Å². The summed E-state index contributed by atoms with van der Waals surface area (Å²) in [6.45, 7) is 2.01. The summed E-state index contributed by atoms with van der Waals surface area (Å²) in [6.07, 6.45) is 3.38. The van der Waals surface area contributed by atoms with Crippen LogP contribution in [0.2, 0.25) is 10.0 Å². The van der Waals surface area contributed by atoms with Crippen molar-refractivity contribution in [3.8, 4) is 11.3 Å². The molecule has 5 rings (SSSR count). The summed E-state index contributed by atoms with van der Waals surface area (Å²) in [6, 6.07) is 7.88. The van der Waals surface area contributed by atoms with Crippen molar-refractivity contribution >= 4 is 50.9 Å². The Morgan fingerprint density at radius 1 is 1.18 bits per heavy atom. The molecule has 2 aromatic carbocycles. The van der Waals surface area contributed by atoms with Crippen molar-refractivity contribution in [2.24, 2.45) is 0 Å². The van der Waals surface area contributed by atoms with Crippen molar-refractivity contribution in [1.82, 2.24) is 15.4 Å². The number of nitrogens with zero attached hydrogens (tertiary/aromatic N) is 2. The minimum absolute atomic E-state index is 0.0605. The number of carbonyl (C=O) groups excluding carboxylic acids is 2. The number of nitrogens with one attached hydrogen (secondary N) is 2. The number of carbonyl (C=O) groups is 2. The van der Waals surface area contributed by atoms with E-state index in [0.717, 1.165) is 30.2 Å². The van der Waals surface area contributed by atoms with Crippen LogP contribution in [0, 0.1) is 5.82 Å². The Morgan fingerprint density at radius 3 is 2.55 bits per heavy atom. The fraction of sp³-hybridized carbons (Fsp3) is 0.414. The summed E-state index contributed by atoms with van der Waals surface area (Å²) >= 11 is 12.9. The third-order valence-electron chi connectivity index (χ3n) is 7.68. The summed E-state index contributed by atoms with van der Waals surface area (Å²) in [4.78, 5) is 27.0. The first-order chi connectivity index (χ1) is 21.0. The molecule has 2 atom stereocenters. The molecule has 236 valence electrons. The average molecular weight is 670 g/mol. The molecule has 44 heavy (non-hydrogen) atoms. The van der Waals surface area contributed by atoms with Gasteiger partial charge in [0, 0.05) is 35.2 Å². The first-order valence-electron chi connectivity index (χ1n) is 14.1. The lowest BCUT2D eigenvalue weighted by molar-refractivity contribution is -0.0125. The van der Waals surface area contributed by atoms with Crippen molar-refractivity contribution in [1.29, 1.82) is 0 Å². The molecule has 1 saturated carbocycles. The number of ether oxygens (including phenoxy) is 1. The van der Waals surface area contributed by atoms with Crippen LogP contribution in [0.3, 0.4) is 0 Å². The van der Waals surface area contributed by atoms with E-state index in [2.05, 4.69) is 15.8 Å². The molecule has 2 aliphatic rings. The molecular formula is C29H31Cl2FN4O7S. The van der Waals surface area contributed by atoms with Crippen LogP contribution in [0.15, 0.2) is 40.9 Å². The Hall–Kier alpha value is -3.23. The van der Waals surface area contributed by atoms with Crippen molar-refractivity contribution in [2.75, 3.05) is 24.2 Å². The number of anilines is 1. The lowest BCUT2D eigenvalue weighted by atomic mass is 9.92. The van der Waals surface area contributed by atoms with Crippen LogP contribution in [0.5, 0.6) is 0 Å². The predicted molar refractivity (Wildman–Crippen MR) is 162 cm³/mol. The third kappa shape index (κ3) is 7.35. The maximum Gasteiger partial charge on any atom is 0.322 e. The normalized spacial score (nSPS) is 18.2. The number of halogens is 3. The van der Waals surface area contributed by atoms with Crippen molar-refractivity contribution in [3.05, 3.63) is 69.1 Å². The van der Waals surface area contributed by atoms with Gasteiger partial charge in [0.1, 0.15) is 17.3 Å². The molecule has 3 amide bonds. The van der Waals surface area contributed by atoms with Gasteiger partial charge in [0.15, 0.2) is 0 Å². The number of rotatable bonds is 12. The monoisotopic (exact) mass is 668 g/mol. The van der Waals surface area contributed by atoms with Gasteiger partial charge in [-0.1, -0.05) is 41.3 Å². The molecule has 2 heterocycles. The summed E-state index contributed by atoms with van der Waals surface area (Å²) in [5.41, 5.74) is 1.68. The number of benzene rings is 2. The third-order valence-corrected chi connectivity index (χ3v) is 9.03. The van der Waals surface area contributed by atoms with Gasteiger partial charge in [0.25, 0.3) is 16.0 Å². The van der Waals surface area contributed by atoms with E-state index in [-0.39, 0.29) is 49.0 Å². The van der Waals surface area contributed by atoms with Crippen molar-refractivity contribution in [3.63, 3.8) is 0 Å². The molecule has 1 aliphatic heterocycles. The van der Waals surface area contributed by atoms with Crippen LogP contribution in [0.25, 0.3) is 11.3 Å². The second kappa shape index (κ2) is 13.4. The molecule has 15 heteroatoms. The zero-order chi connectivity index (χ0) is 31.6. The smallest absolute Gasteiger partial charge is 0.322 e. The van der Waals surface area contributed by atoms with Crippen LogP contribution in [0.4, 0.5) is 14.9 Å². The number of hydrogen-bond donors (Lipinski definition) is 3. The number of amides is 3. The van der Waals surface area contributed by atoms with E-state index in [1.165, 1.54) is 12.1 Å². The highest BCUT2D eigenvalue weighted by molar-refractivity contribution is 7.85. The van der Waals surface area contributed by atoms with Gasteiger partial charge < -0.3 is 24.8 Å². The standard InChI is InChI=1S/C29H31Cl2FN4O7S/c1-2-18-13-19(14-42-15-20-26(35-43-27(20)16-6-7-16)25-21(30)4-3-5-22(25)31)36(18)29(38)34-24-9-8-17(12-23(24)32)28(37)33-10-11-44(39,40)41/h3-5,8-9,12,16,18-19H,2,6-7,10-11,13-15H2,1H3,(H,33,37)(H,34,38)(H,39,40,41). The van der Waals surface area contributed by atoms with Gasteiger partial charge in [-0.15, -0.1) is 0 Å². The van der Waals surface area contributed by atoms with Gasteiger partial charge in [0.05, 0.1) is 40.7 Å². The molecule has 1 aromatic heterocycles. The Balaban J connectivity index is 1.21. The quantitative estimate of drug-likeness (QED) is 0.202. The average Bonchev–Trinajstić information content (AvgIpc) is 3.71. The highest BCUT2D eigenvalue weighted by atomic mass is 35.5. The molecule has 1 aliphatic carbocycles. The van der Waals surface area contributed by atoms with Gasteiger partial charge >= 0.3 is 6.03 Å². The maximum absolute atomic E-state index is 14.8. The second-order valence-electron chi connectivity index (χ2n) is 10.8. The van der Waals surface area contributed by atoms with E-state index >= 15 is 0 Å². The minimum atomic E-state index is -4.25. The Kier molecular flexibility index (Phi) is 9.80. The van der Waals surface area contributed by atoms with Gasteiger partial charge in [0.2, 0.25) is 0 Å². The molecule has 0 bridgehead atoms. The van der Waals surface area contributed by atoms with Gasteiger partial charge in [-0.2, -0.15) is 8.42 Å². The zero-order valence-electron chi connectivity index (χ0n) is 23.7. The van der Waals surface area contributed by atoms with Crippen LogP contribution in [-0.2, 0) is 21.5 Å². The molecular weight excluding hydrogens is 638 g/mol. The summed E-state index contributed by atoms with van der Waals surface area (Å²) in [7, 11) is -4.25. The molecule has 3 aromatic rings. The number of hydrogen-bond acceptors (Lipinski definition) is 7. The SMILES string of the molecule is CCC1CC(COCc2c(-c3c(Cl)cccc3Cl)noc2C2CC2)N1C(=O)Nc1ccc(C(=O)NCCS(=O)(=O)O)cc1F. The molecule has 3 N–H and O–H groups in total. The first kappa shape index (κ1) is 32.2. The van der Waals surface area contributed by atoms with E-state index in [1.54, 1.807) is 23.1 Å². The zero-order valence-corrected chi connectivity index (χ0v) is 26.0. The van der Waals surface area contributed by atoms with Gasteiger partial charge in [-0.05, 0) is 56.0 Å². The number of likely N-dealkylation sites (tertiary alicyclic amines) is 1. The highest BCUT2D eigenvalue weighted by Gasteiger charge is 2.41. The van der Waals surface area contributed by atoms with E-state index < -0.39 is 33.6 Å². The highest BCUT2D eigenvalue weighted by Crippen LogP contribution is 2.46. The van der Waals surface area contributed by atoms with E-state index in [0.29, 0.717) is 34.1 Å². The Labute approximate surface area is 263 Å². The first-order valence-corrected chi connectivity index (χ1v) is 16.5. The lowest BCUT2D eigenvalue weighted by Gasteiger charge is -2.48. The predicted octanol–water partition coefficient (Wildman–Crippen LogP) is 5.88. The molecule has 0 radical (unpaired) electrons. The van der Waals surface area contributed by atoms with Gasteiger partial charge in [-0.25, -0.2) is 9.18 Å². The number of aromatic nitrogens is 1. The summed E-state index contributed by atoms with van der Waals surface area (Å²) < 4.78 is 57.1. The Bertz CT molecular complexity index is 1640. The van der Waals surface area contributed by atoms with E-state index in [9.17, 15) is 22.4 Å². The van der Waals surface area contributed by atoms with Crippen LogP contribution in [0.1, 0.15) is 60.2 Å². The minimum Gasteiger partial charge on any atom is -0.374 e. The molecule has 2 unspecified atom stereocenters. The van der Waals surface area contributed by atoms with Gasteiger partial charge in [-0.3, -0.25) is 9.35 Å². The van der Waals surface area contributed by atoms with Crippen LogP contribution >= 0.6 is 23.2 Å². The second-order valence-corrected chi connectivity index (χ2v) is 13.2. The molecule has 0 spiro atoms. The number of urea groups is 1. The van der Waals surface area contributed by atoms with Crippen molar-refractivity contribution < 1.29 is 36.2 Å². The summed E-state index contributed by atoms with van der Waals surface area (Å²) in [5, 5.41) is 10.0. The topological polar surface area (TPSA) is 151 Å². The van der Waals surface area contributed by atoms with Crippen LogP contribution < -0.4 is 10.6 Å². The molecule has 11 nitrogen and oxygen atoms in total. The lowest BCUT2D eigenvalue weighted by Crippen LogP contribution is -2.61. The van der Waals surface area contributed by atoms with Crippen LogP contribution in [-0.4, -0.2) is 66.0 Å². The molecule has 2 fully saturated rings. The molecule has 1 saturated heterocycles. The Morgan fingerprint density at radius 2 is 1.91 bits per heavy atom. The fourth-order valence-corrected chi connectivity index (χ4v) is 6.16.